The summed E-state index contributed by atoms with van der Waals surface area (Å²) in [6, 6.07) is 18.9. The van der Waals surface area contributed by atoms with E-state index in [1.165, 1.54) is 34.4 Å². The van der Waals surface area contributed by atoms with Gasteiger partial charge in [-0.2, -0.15) is 0 Å². The Bertz CT molecular complexity index is 883. The highest BCUT2D eigenvalue weighted by molar-refractivity contribution is 7.18. The molecule has 1 aliphatic heterocycles. The number of fused-ring (bicyclic) bond motifs is 1. The molecule has 1 fully saturated rings. The second-order valence-corrected chi connectivity index (χ2v) is 9.00. The van der Waals surface area contributed by atoms with Gasteiger partial charge in [-0.25, -0.2) is 4.98 Å². The first-order valence-electron chi connectivity index (χ1n) is 10.1. The van der Waals surface area contributed by atoms with E-state index in [0.717, 1.165) is 29.5 Å². The SMILES string of the molecule is CN(Cc1nc2ccccc2s1)C(=O)C[NH+]1CCC(Cc2ccccc2)CC1. The van der Waals surface area contributed by atoms with Gasteiger partial charge < -0.3 is 9.80 Å². The minimum Gasteiger partial charge on any atom is -0.334 e. The molecule has 146 valence electrons. The third kappa shape index (κ3) is 4.78. The van der Waals surface area contributed by atoms with Crippen LogP contribution < -0.4 is 4.90 Å². The molecule has 1 aromatic heterocycles. The molecule has 2 heterocycles. The van der Waals surface area contributed by atoms with Gasteiger partial charge >= 0.3 is 0 Å². The van der Waals surface area contributed by atoms with Gasteiger partial charge in [-0.1, -0.05) is 42.5 Å². The number of carbonyl (C=O) groups is 1. The maximum absolute atomic E-state index is 12.7. The number of hydrogen-bond donors (Lipinski definition) is 1. The van der Waals surface area contributed by atoms with Crippen molar-refractivity contribution in [2.45, 2.75) is 25.8 Å². The number of likely N-dealkylation sites (N-methyl/N-ethyl adjacent to an activating group) is 1. The van der Waals surface area contributed by atoms with E-state index in [9.17, 15) is 4.79 Å². The number of likely N-dealkylation sites (tertiary alicyclic amines) is 1. The van der Waals surface area contributed by atoms with Crippen LogP contribution in [-0.2, 0) is 17.8 Å². The Morgan fingerprint density at radius 2 is 1.82 bits per heavy atom. The fourth-order valence-corrected chi connectivity index (χ4v) is 5.06. The van der Waals surface area contributed by atoms with Gasteiger partial charge in [-0.05, 0) is 42.9 Å². The molecule has 0 radical (unpaired) electrons. The van der Waals surface area contributed by atoms with E-state index < -0.39 is 0 Å². The summed E-state index contributed by atoms with van der Waals surface area (Å²) in [4.78, 5) is 20.6. The van der Waals surface area contributed by atoms with Crippen LogP contribution in [0.4, 0.5) is 0 Å². The predicted molar refractivity (Wildman–Crippen MR) is 115 cm³/mol. The largest absolute Gasteiger partial charge is 0.334 e. The Hall–Kier alpha value is -2.24. The van der Waals surface area contributed by atoms with Crippen LogP contribution in [-0.4, -0.2) is 42.5 Å². The molecule has 0 atom stereocenters. The van der Waals surface area contributed by atoms with E-state index in [-0.39, 0.29) is 5.91 Å². The standard InChI is InChI=1S/C23H27N3OS/c1-25(16-22-24-20-9-5-6-10-21(20)28-22)23(27)17-26-13-11-19(12-14-26)15-18-7-3-2-4-8-18/h2-10,19H,11-17H2,1H3/p+1. The minimum absolute atomic E-state index is 0.218. The zero-order valence-electron chi connectivity index (χ0n) is 16.4. The molecule has 0 spiro atoms. The zero-order chi connectivity index (χ0) is 19.3. The van der Waals surface area contributed by atoms with Crippen molar-refractivity contribution in [1.29, 1.82) is 0 Å². The molecular weight excluding hydrogens is 366 g/mol. The lowest BCUT2D eigenvalue weighted by Crippen LogP contribution is -3.14. The highest BCUT2D eigenvalue weighted by Gasteiger charge is 2.25. The van der Waals surface area contributed by atoms with E-state index in [0.29, 0.717) is 13.1 Å². The predicted octanol–water partition coefficient (Wildman–Crippen LogP) is 2.79. The number of quaternary nitrogens is 1. The average Bonchev–Trinajstić information content (AvgIpc) is 3.12. The summed E-state index contributed by atoms with van der Waals surface area (Å²) in [5, 5.41) is 1.01. The second kappa shape index (κ2) is 8.84. The van der Waals surface area contributed by atoms with Crippen LogP contribution in [0.3, 0.4) is 0 Å². The maximum Gasteiger partial charge on any atom is 0.277 e. The van der Waals surface area contributed by atoms with Crippen molar-refractivity contribution >= 4 is 27.5 Å². The lowest BCUT2D eigenvalue weighted by atomic mass is 9.90. The molecule has 28 heavy (non-hydrogen) atoms. The third-order valence-corrected chi connectivity index (χ3v) is 6.74. The number of piperidine rings is 1. The molecule has 5 heteroatoms. The van der Waals surface area contributed by atoms with Crippen molar-refractivity contribution in [2.24, 2.45) is 5.92 Å². The first-order valence-corrected chi connectivity index (χ1v) is 10.9. The van der Waals surface area contributed by atoms with Crippen molar-refractivity contribution in [3.05, 3.63) is 65.2 Å². The first-order chi connectivity index (χ1) is 13.7. The Morgan fingerprint density at radius 3 is 2.57 bits per heavy atom. The molecule has 4 rings (SSSR count). The van der Waals surface area contributed by atoms with E-state index in [2.05, 4.69) is 41.4 Å². The molecule has 1 N–H and O–H groups in total. The van der Waals surface area contributed by atoms with Crippen LogP contribution in [0.25, 0.3) is 10.2 Å². The lowest BCUT2D eigenvalue weighted by molar-refractivity contribution is -0.898. The number of nitrogens with zero attached hydrogens (tertiary/aromatic N) is 2. The van der Waals surface area contributed by atoms with E-state index in [1.54, 1.807) is 11.3 Å². The quantitative estimate of drug-likeness (QED) is 0.698. The summed E-state index contributed by atoms with van der Waals surface area (Å²) in [6.45, 7) is 3.39. The second-order valence-electron chi connectivity index (χ2n) is 7.89. The molecule has 3 aromatic rings. The summed E-state index contributed by atoms with van der Waals surface area (Å²) < 4.78 is 1.18. The number of amides is 1. The number of nitrogens with one attached hydrogen (secondary N) is 1. The molecule has 0 aliphatic carbocycles. The maximum atomic E-state index is 12.7. The Balaban J connectivity index is 1.24. The van der Waals surface area contributed by atoms with Crippen molar-refractivity contribution in [1.82, 2.24) is 9.88 Å². The molecule has 1 amide bonds. The van der Waals surface area contributed by atoms with Gasteiger partial charge in [0.2, 0.25) is 0 Å². The van der Waals surface area contributed by atoms with Crippen LogP contribution in [0.15, 0.2) is 54.6 Å². The molecule has 0 unspecified atom stereocenters. The summed E-state index contributed by atoms with van der Waals surface area (Å²) in [5.74, 6) is 0.970. The number of aromatic nitrogens is 1. The topological polar surface area (TPSA) is 37.6 Å². The van der Waals surface area contributed by atoms with Crippen LogP contribution >= 0.6 is 11.3 Å². The molecule has 0 bridgehead atoms. The molecule has 1 saturated heterocycles. The molecular formula is C23H28N3OS+. The average molecular weight is 395 g/mol. The number of benzene rings is 2. The fraction of sp³-hybridized carbons (Fsp3) is 0.391. The van der Waals surface area contributed by atoms with Crippen LogP contribution in [0, 0.1) is 5.92 Å². The Labute approximate surface area is 170 Å². The zero-order valence-corrected chi connectivity index (χ0v) is 17.3. The molecule has 1 aliphatic rings. The van der Waals surface area contributed by atoms with Crippen molar-refractivity contribution in [3.63, 3.8) is 0 Å². The summed E-state index contributed by atoms with van der Waals surface area (Å²) in [5.41, 5.74) is 2.46. The normalized spacial score (nSPS) is 19.6. The van der Waals surface area contributed by atoms with Crippen LogP contribution in [0.2, 0.25) is 0 Å². The van der Waals surface area contributed by atoms with Crippen molar-refractivity contribution in [2.75, 3.05) is 26.7 Å². The number of hydrogen-bond acceptors (Lipinski definition) is 3. The van der Waals surface area contributed by atoms with Crippen LogP contribution in [0.5, 0.6) is 0 Å². The first kappa shape index (κ1) is 19.1. The van der Waals surface area contributed by atoms with Gasteiger partial charge in [0.25, 0.3) is 5.91 Å². The molecule has 4 nitrogen and oxygen atoms in total. The molecule has 2 aromatic carbocycles. The minimum atomic E-state index is 0.218. The Kier molecular flexibility index (Phi) is 6.03. The van der Waals surface area contributed by atoms with E-state index >= 15 is 0 Å². The van der Waals surface area contributed by atoms with Crippen molar-refractivity contribution in [3.8, 4) is 0 Å². The van der Waals surface area contributed by atoms with E-state index in [1.807, 2.05) is 30.1 Å². The highest BCUT2D eigenvalue weighted by atomic mass is 32.1. The van der Waals surface area contributed by atoms with Gasteiger partial charge in [0, 0.05) is 7.05 Å². The summed E-state index contributed by atoms with van der Waals surface area (Å²) in [6.07, 6.45) is 3.58. The summed E-state index contributed by atoms with van der Waals surface area (Å²) in [7, 11) is 1.90. The van der Waals surface area contributed by atoms with E-state index in [4.69, 9.17) is 0 Å². The number of rotatable bonds is 6. The number of para-hydroxylation sites is 1. The highest BCUT2D eigenvalue weighted by Crippen LogP contribution is 2.22. The number of carbonyl (C=O) groups excluding carboxylic acids is 1. The number of thiazole rings is 1. The molecule has 0 saturated carbocycles. The monoisotopic (exact) mass is 394 g/mol. The van der Waals surface area contributed by atoms with Crippen molar-refractivity contribution < 1.29 is 9.69 Å². The fourth-order valence-electron chi connectivity index (χ4n) is 4.04. The van der Waals surface area contributed by atoms with Gasteiger partial charge in [0.15, 0.2) is 6.54 Å². The van der Waals surface area contributed by atoms with Gasteiger partial charge in [-0.3, -0.25) is 4.79 Å². The third-order valence-electron chi connectivity index (χ3n) is 5.72. The van der Waals surface area contributed by atoms with Crippen LogP contribution in [0.1, 0.15) is 23.4 Å². The van der Waals surface area contributed by atoms with Gasteiger partial charge in [0.05, 0.1) is 29.9 Å². The smallest absolute Gasteiger partial charge is 0.277 e. The van der Waals surface area contributed by atoms with Gasteiger partial charge in [-0.15, -0.1) is 11.3 Å². The lowest BCUT2D eigenvalue weighted by Gasteiger charge is -2.30. The van der Waals surface area contributed by atoms with Gasteiger partial charge in [0.1, 0.15) is 5.01 Å². The summed E-state index contributed by atoms with van der Waals surface area (Å²) >= 11 is 1.68. The Morgan fingerprint density at radius 1 is 1.11 bits per heavy atom.